The molecule has 0 aromatic heterocycles. The van der Waals surface area contributed by atoms with E-state index in [1.807, 2.05) is 6.92 Å². The predicted molar refractivity (Wildman–Crippen MR) is 74.3 cm³/mol. The number of nitrogens with one attached hydrogen (secondary N) is 2. The van der Waals surface area contributed by atoms with Gasteiger partial charge in [-0.2, -0.15) is 0 Å². The van der Waals surface area contributed by atoms with Crippen molar-refractivity contribution in [2.24, 2.45) is 11.8 Å². The molecule has 0 aliphatic heterocycles. The van der Waals surface area contributed by atoms with Gasteiger partial charge in [0.15, 0.2) is 0 Å². The summed E-state index contributed by atoms with van der Waals surface area (Å²) in [6.07, 6.45) is 7.10. The first-order chi connectivity index (χ1) is 8.54. The third kappa shape index (κ3) is 4.13. The van der Waals surface area contributed by atoms with Crippen LogP contribution >= 0.6 is 0 Å². The molecule has 1 fully saturated rings. The first-order valence-corrected chi connectivity index (χ1v) is 7.25. The Morgan fingerprint density at radius 1 is 1.50 bits per heavy atom. The maximum Gasteiger partial charge on any atom is 0.237 e. The highest BCUT2D eigenvalue weighted by Gasteiger charge is 2.26. The normalized spacial score (nSPS) is 29.6. The van der Waals surface area contributed by atoms with Crippen molar-refractivity contribution in [3.63, 3.8) is 0 Å². The zero-order valence-electron chi connectivity index (χ0n) is 11.8. The number of carbonyl (C=O) groups excluding carboxylic acids is 1. The number of hydrogen-bond acceptors (Lipinski definition) is 2. The van der Waals surface area contributed by atoms with Gasteiger partial charge in [-0.15, -0.1) is 0 Å². The third-order valence-electron chi connectivity index (χ3n) is 3.91. The topological polar surface area (TPSA) is 41.1 Å². The Hall–Kier alpha value is -0.830. The summed E-state index contributed by atoms with van der Waals surface area (Å²) in [5.41, 5.74) is 1.50. The van der Waals surface area contributed by atoms with Gasteiger partial charge in [-0.1, -0.05) is 18.6 Å². The van der Waals surface area contributed by atoms with Gasteiger partial charge in [0.25, 0.3) is 0 Å². The molecule has 0 heterocycles. The molecular formula is C15H26N2O. The first kappa shape index (κ1) is 13.6. The van der Waals surface area contributed by atoms with E-state index in [0.29, 0.717) is 17.9 Å². The maximum absolute atomic E-state index is 11.8. The molecule has 2 aliphatic carbocycles. The Labute approximate surface area is 110 Å². The summed E-state index contributed by atoms with van der Waals surface area (Å²) in [7, 11) is 0. The smallest absolute Gasteiger partial charge is 0.237 e. The highest BCUT2D eigenvalue weighted by molar-refractivity contribution is 5.81. The molecule has 3 atom stereocenters. The molecule has 0 saturated heterocycles. The SMILES string of the molecule is CC1=CC(C)CC(CNC(C)C(=O)NC2CC2)C1. The van der Waals surface area contributed by atoms with Crippen LogP contribution in [0.4, 0.5) is 0 Å². The van der Waals surface area contributed by atoms with Crippen molar-refractivity contribution in [3.8, 4) is 0 Å². The minimum absolute atomic E-state index is 0.0629. The van der Waals surface area contributed by atoms with Crippen molar-refractivity contribution >= 4 is 5.91 Å². The van der Waals surface area contributed by atoms with E-state index in [4.69, 9.17) is 0 Å². The predicted octanol–water partition coefficient (Wildman–Crippen LogP) is 2.24. The van der Waals surface area contributed by atoms with E-state index in [1.54, 1.807) is 0 Å². The second kappa shape index (κ2) is 5.87. The Morgan fingerprint density at radius 3 is 2.83 bits per heavy atom. The van der Waals surface area contributed by atoms with E-state index < -0.39 is 0 Å². The van der Waals surface area contributed by atoms with E-state index in [-0.39, 0.29) is 11.9 Å². The lowest BCUT2D eigenvalue weighted by atomic mass is 9.83. The van der Waals surface area contributed by atoms with Gasteiger partial charge in [-0.3, -0.25) is 4.79 Å². The Balaban J connectivity index is 1.70. The van der Waals surface area contributed by atoms with Gasteiger partial charge in [-0.25, -0.2) is 0 Å². The second-order valence-corrected chi connectivity index (χ2v) is 6.21. The number of amides is 1. The van der Waals surface area contributed by atoms with E-state index in [9.17, 15) is 4.79 Å². The second-order valence-electron chi connectivity index (χ2n) is 6.21. The molecule has 2 aliphatic rings. The van der Waals surface area contributed by atoms with Crippen molar-refractivity contribution in [3.05, 3.63) is 11.6 Å². The van der Waals surface area contributed by atoms with Gasteiger partial charge in [0.1, 0.15) is 0 Å². The summed E-state index contributed by atoms with van der Waals surface area (Å²) in [5, 5.41) is 6.43. The lowest BCUT2D eigenvalue weighted by molar-refractivity contribution is -0.122. The molecule has 0 radical (unpaired) electrons. The number of carbonyl (C=O) groups is 1. The summed E-state index contributed by atoms with van der Waals surface area (Å²) in [6.45, 7) is 7.41. The Kier molecular flexibility index (Phi) is 4.44. The highest BCUT2D eigenvalue weighted by atomic mass is 16.2. The van der Waals surface area contributed by atoms with E-state index in [2.05, 4.69) is 30.6 Å². The van der Waals surface area contributed by atoms with Crippen LogP contribution in [0.1, 0.15) is 46.5 Å². The van der Waals surface area contributed by atoms with Gasteiger partial charge in [-0.05, 0) is 57.9 Å². The van der Waals surface area contributed by atoms with Gasteiger partial charge in [0.2, 0.25) is 5.91 Å². The molecular weight excluding hydrogens is 224 g/mol. The number of rotatable bonds is 5. The quantitative estimate of drug-likeness (QED) is 0.735. The minimum atomic E-state index is -0.0629. The lowest BCUT2D eigenvalue weighted by Crippen LogP contribution is -2.44. The van der Waals surface area contributed by atoms with Gasteiger partial charge in [0, 0.05) is 6.04 Å². The van der Waals surface area contributed by atoms with Crippen molar-refractivity contribution in [1.82, 2.24) is 10.6 Å². The van der Waals surface area contributed by atoms with Gasteiger partial charge in [0.05, 0.1) is 6.04 Å². The summed E-state index contributed by atoms with van der Waals surface area (Å²) < 4.78 is 0. The van der Waals surface area contributed by atoms with Crippen LogP contribution in [0.3, 0.4) is 0 Å². The molecule has 18 heavy (non-hydrogen) atoms. The fourth-order valence-corrected chi connectivity index (χ4v) is 2.83. The molecule has 102 valence electrons. The van der Waals surface area contributed by atoms with Gasteiger partial charge < -0.3 is 10.6 Å². The average molecular weight is 250 g/mol. The summed E-state index contributed by atoms with van der Waals surface area (Å²) in [6, 6.07) is 0.397. The maximum atomic E-state index is 11.8. The van der Waals surface area contributed by atoms with Crippen LogP contribution in [0, 0.1) is 11.8 Å². The molecule has 2 N–H and O–H groups in total. The van der Waals surface area contributed by atoms with Crippen molar-refractivity contribution in [2.75, 3.05) is 6.54 Å². The molecule has 1 saturated carbocycles. The first-order valence-electron chi connectivity index (χ1n) is 7.25. The number of allylic oxidation sites excluding steroid dienone is 2. The van der Waals surface area contributed by atoms with Crippen LogP contribution in [0.15, 0.2) is 11.6 Å². The van der Waals surface area contributed by atoms with E-state index in [1.165, 1.54) is 18.4 Å². The van der Waals surface area contributed by atoms with Crippen LogP contribution in [-0.4, -0.2) is 24.5 Å². The summed E-state index contributed by atoms with van der Waals surface area (Å²) >= 11 is 0. The largest absolute Gasteiger partial charge is 0.352 e. The minimum Gasteiger partial charge on any atom is -0.352 e. The molecule has 0 bridgehead atoms. The fraction of sp³-hybridized carbons (Fsp3) is 0.800. The molecule has 1 amide bonds. The number of hydrogen-bond donors (Lipinski definition) is 2. The molecule has 3 nitrogen and oxygen atoms in total. The van der Waals surface area contributed by atoms with Crippen LogP contribution in [0.25, 0.3) is 0 Å². The van der Waals surface area contributed by atoms with Crippen LogP contribution < -0.4 is 10.6 Å². The Morgan fingerprint density at radius 2 is 2.22 bits per heavy atom. The van der Waals surface area contributed by atoms with E-state index >= 15 is 0 Å². The zero-order valence-corrected chi connectivity index (χ0v) is 11.8. The average Bonchev–Trinajstić information content (AvgIpc) is 3.08. The molecule has 3 unspecified atom stereocenters. The summed E-state index contributed by atoms with van der Waals surface area (Å²) in [5.74, 6) is 1.52. The van der Waals surface area contributed by atoms with E-state index in [0.717, 1.165) is 19.4 Å². The van der Waals surface area contributed by atoms with Gasteiger partial charge >= 0.3 is 0 Å². The molecule has 0 aromatic rings. The standard InChI is InChI=1S/C15H26N2O/c1-10-6-11(2)8-13(7-10)9-16-12(3)15(18)17-14-4-5-14/h6,10,12-14,16H,4-5,7-9H2,1-3H3,(H,17,18). The lowest BCUT2D eigenvalue weighted by Gasteiger charge is -2.26. The molecule has 0 aromatic carbocycles. The molecule has 3 heteroatoms. The van der Waals surface area contributed by atoms with Crippen molar-refractivity contribution < 1.29 is 4.79 Å². The van der Waals surface area contributed by atoms with Crippen molar-refractivity contribution in [1.29, 1.82) is 0 Å². The molecule has 2 rings (SSSR count). The Bertz CT molecular complexity index is 333. The summed E-state index contributed by atoms with van der Waals surface area (Å²) in [4.78, 5) is 11.8. The highest BCUT2D eigenvalue weighted by Crippen LogP contribution is 2.27. The van der Waals surface area contributed by atoms with Crippen LogP contribution in [0.5, 0.6) is 0 Å². The third-order valence-corrected chi connectivity index (χ3v) is 3.91. The fourth-order valence-electron chi connectivity index (χ4n) is 2.83. The van der Waals surface area contributed by atoms with Crippen molar-refractivity contribution in [2.45, 2.75) is 58.5 Å². The zero-order chi connectivity index (χ0) is 13.1. The van der Waals surface area contributed by atoms with Crippen LogP contribution in [0.2, 0.25) is 0 Å². The molecule has 0 spiro atoms. The van der Waals surface area contributed by atoms with Crippen LogP contribution in [-0.2, 0) is 4.79 Å². The monoisotopic (exact) mass is 250 g/mol.